The Hall–Kier alpha value is -1.33. The van der Waals surface area contributed by atoms with Crippen molar-refractivity contribution in [2.75, 3.05) is 0 Å². The van der Waals surface area contributed by atoms with E-state index in [1.807, 2.05) is 46.8 Å². The number of rotatable bonds is 1. The summed E-state index contributed by atoms with van der Waals surface area (Å²) in [6.45, 7) is 9.54. The topological polar surface area (TPSA) is 57.2 Å². The zero-order valence-electron chi connectivity index (χ0n) is 15.7. The molecule has 160 valence electrons. The second-order valence-corrected chi connectivity index (χ2v) is 10.7. The molecule has 0 saturated carbocycles. The largest absolute Gasteiger partial charge is 0.741 e. The highest BCUT2D eigenvalue weighted by Gasteiger charge is 2.50. The molecular weight excluding hydrogens is 430 g/mol. The molecule has 1 aromatic carbocycles. The Balaban J connectivity index is 0.000000416. The van der Waals surface area contributed by atoms with Gasteiger partial charge in [-0.1, -0.05) is 40.7 Å². The molecule has 0 bridgehead atoms. The van der Waals surface area contributed by atoms with Crippen LogP contribution >= 0.6 is 10.5 Å². The van der Waals surface area contributed by atoms with Crippen molar-refractivity contribution in [1.82, 2.24) is 0 Å². The monoisotopic (exact) mass is 450 g/mol. The molecule has 0 saturated heterocycles. The van der Waals surface area contributed by atoms with Crippen LogP contribution in [0.5, 0.6) is 0 Å². The lowest BCUT2D eigenvalue weighted by Gasteiger charge is -2.13. The third-order valence-corrected chi connectivity index (χ3v) is 6.68. The maximum Gasteiger partial charge on any atom is 0.600 e. The summed E-state index contributed by atoms with van der Waals surface area (Å²) in [5, 5.41) is 0.722. The predicted octanol–water partition coefficient (Wildman–Crippen LogP) is 6.54. The summed E-state index contributed by atoms with van der Waals surface area (Å²) in [4.78, 5) is 0.487. The lowest BCUT2D eigenvalue weighted by Crippen LogP contribution is -2.21. The number of hydrogen-bond acceptors (Lipinski definition) is 3. The number of halogens is 6. The van der Waals surface area contributed by atoms with Crippen molar-refractivity contribution in [2.45, 2.75) is 57.0 Å². The molecule has 2 aromatic rings. The van der Waals surface area contributed by atoms with Crippen LogP contribution in [0.4, 0.5) is 26.3 Å². The predicted molar refractivity (Wildman–Crippen MR) is 96.3 cm³/mol. The average Bonchev–Trinajstić information content (AvgIpc) is 2.84. The number of hydrogen-bond donors (Lipinski definition) is 0. The molecule has 0 radical (unpaired) electrons. The Kier molecular flexibility index (Phi) is 6.91. The fourth-order valence-electron chi connectivity index (χ4n) is 2.30. The third-order valence-electron chi connectivity index (χ3n) is 3.68. The van der Waals surface area contributed by atoms with E-state index in [0.717, 1.165) is 10.9 Å². The summed E-state index contributed by atoms with van der Waals surface area (Å²) >= 11 is 0. The lowest BCUT2D eigenvalue weighted by molar-refractivity contribution is -0.0869. The molecule has 3 nitrogen and oxygen atoms in total. The molecule has 1 unspecified atom stereocenters. The van der Waals surface area contributed by atoms with Crippen molar-refractivity contribution in [2.24, 2.45) is 0 Å². The van der Waals surface area contributed by atoms with Gasteiger partial charge in [0.25, 0.3) is 0 Å². The van der Waals surface area contributed by atoms with Gasteiger partial charge in [0.15, 0.2) is 19.7 Å². The maximum atomic E-state index is 13.5. The summed E-state index contributed by atoms with van der Waals surface area (Å²) in [6, 6.07) is 7.24. The highest BCUT2D eigenvalue weighted by molar-refractivity contribution is 7.86. The van der Waals surface area contributed by atoms with Gasteiger partial charge >= 0.3 is 11.0 Å². The van der Waals surface area contributed by atoms with Gasteiger partial charge in [0.2, 0.25) is 0 Å². The molecule has 0 amide bonds. The summed E-state index contributed by atoms with van der Waals surface area (Å²) in [6.07, 6.45) is 0. The second-order valence-electron chi connectivity index (χ2n) is 7.36. The first-order chi connectivity index (χ1) is 12.3. The standard InChI is InChI=1S/C16H20F3S.CHF3O3S/c1-10(2)11-6-7-12-9-14(15(3,4)5)20(13(12)8-11)16(17,18)19;2-1(3,4)8(5,6)7/h6-10H,1-5H3;(H,5,6,7)/q+1;/p-1. The summed E-state index contributed by atoms with van der Waals surface area (Å²) in [5.41, 5.74) is -9.36. The molecule has 0 aliphatic heterocycles. The fourth-order valence-corrected chi connectivity index (χ4v) is 4.51. The molecule has 0 fully saturated rings. The zero-order chi connectivity index (χ0) is 22.3. The normalized spacial score (nSPS) is 14.2. The maximum absolute atomic E-state index is 13.5. The minimum absolute atomic E-state index is 0.234. The van der Waals surface area contributed by atoms with Gasteiger partial charge in [-0.05, 0) is 17.5 Å². The van der Waals surface area contributed by atoms with Gasteiger partial charge in [-0.3, -0.25) is 0 Å². The van der Waals surface area contributed by atoms with E-state index in [2.05, 4.69) is 0 Å². The van der Waals surface area contributed by atoms with Crippen molar-refractivity contribution in [3.63, 3.8) is 0 Å². The second kappa shape index (κ2) is 7.83. The van der Waals surface area contributed by atoms with Crippen LogP contribution < -0.4 is 0 Å². The highest BCUT2D eigenvalue weighted by Crippen LogP contribution is 2.54. The van der Waals surface area contributed by atoms with Crippen LogP contribution in [0.15, 0.2) is 24.3 Å². The van der Waals surface area contributed by atoms with Crippen LogP contribution in [0.1, 0.15) is 51.0 Å². The van der Waals surface area contributed by atoms with E-state index < -0.39 is 37.0 Å². The van der Waals surface area contributed by atoms with Gasteiger partial charge in [-0.25, -0.2) is 8.42 Å². The van der Waals surface area contributed by atoms with Crippen LogP contribution in [-0.2, 0) is 21.0 Å². The molecule has 0 aliphatic carbocycles. The fraction of sp³-hybridized carbons (Fsp3) is 0.529. The van der Waals surface area contributed by atoms with Crippen LogP contribution in [0.25, 0.3) is 10.1 Å². The van der Waals surface area contributed by atoms with E-state index in [1.165, 1.54) is 0 Å². The Morgan fingerprint density at radius 2 is 1.43 bits per heavy atom. The van der Waals surface area contributed by atoms with Crippen molar-refractivity contribution < 1.29 is 39.3 Å². The van der Waals surface area contributed by atoms with Crippen LogP contribution in [0.2, 0.25) is 0 Å². The molecule has 1 aromatic heterocycles. The average molecular weight is 450 g/mol. The minimum Gasteiger partial charge on any atom is -0.741 e. The van der Waals surface area contributed by atoms with E-state index in [0.29, 0.717) is 9.58 Å². The molecule has 1 heterocycles. The van der Waals surface area contributed by atoms with Gasteiger partial charge < -0.3 is 4.55 Å². The van der Waals surface area contributed by atoms with Crippen molar-refractivity contribution >= 4 is 30.7 Å². The molecule has 0 N–H and O–H groups in total. The number of fused-ring (bicyclic) bond motifs is 1. The molecule has 0 aliphatic rings. The molecule has 2 rings (SSSR count). The first-order valence-electron chi connectivity index (χ1n) is 7.96. The lowest BCUT2D eigenvalue weighted by atomic mass is 9.94. The van der Waals surface area contributed by atoms with Crippen molar-refractivity contribution in [1.29, 1.82) is 0 Å². The number of alkyl halides is 6. The number of benzene rings is 1. The van der Waals surface area contributed by atoms with E-state index in [1.54, 1.807) is 12.1 Å². The van der Waals surface area contributed by atoms with Crippen molar-refractivity contribution in [3.05, 3.63) is 34.7 Å². The minimum atomic E-state index is -6.09. The zero-order valence-corrected chi connectivity index (χ0v) is 17.3. The summed E-state index contributed by atoms with van der Waals surface area (Å²) in [7, 11) is -7.88. The van der Waals surface area contributed by atoms with E-state index >= 15 is 0 Å². The van der Waals surface area contributed by atoms with Gasteiger partial charge in [-0.2, -0.15) is 13.2 Å². The molecule has 1 atom stereocenters. The Morgan fingerprint density at radius 1 is 0.964 bits per heavy atom. The van der Waals surface area contributed by atoms with Gasteiger partial charge in [0.1, 0.15) is 0 Å². The summed E-state index contributed by atoms with van der Waals surface area (Å²) < 4.78 is 99.9. The quantitative estimate of drug-likeness (QED) is 0.215. The first-order valence-corrected chi connectivity index (χ1v) is 10.6. The van der Waals surface area contributed by atoms with Crippen LogP contribution in [0.3, 0.4) is 0 Å². The Labute approximate surface area is 162 Å². The molecule has 11 heteroatoms. The smallest absolute Gasteiger partial charge is 0.600 e. The summed E-state index contributed by atoms with van der Waals surface area (Å²) in [5.74, 6) is 0.234. The highest BCUT2D eigenvalue weighted by atomic mass is 32.2. The van der Waals surface area contributed by atoms with Gasteiger partial charge in [0, 0.05) is 22.9 Å². The third kappa shape index (κ3) is 5.84. The number of thiophene rings is 1. The van der Waals surface area contributed by atoms with Gasteiger partial charge in [-0.15, -0.1) is 13.2 Å². The van der Waals surface area contributed by atoms with Crippen LogP contribution in [-0.4, -0.2) is 18.5 Å². The Bertz CT molecular complexity index is 933. The van der Waals surface area contributed by atoms with E-state index in [4.69, 9.17) is 13.0 Å². The first kappa shape index (κ1) is 24.7. The molecular formula is C17H20F6O3S2. The Morgan fingerprint density at radius 3 is 1.75 bits per heavy atom. The van der Waals surface area contributed by atoms with Gasteiger partial charge in [0.05, 0.1) is 10.5 Å². The molecule has 28 heavy (non-hydrogen) atoms. The van der Waals surface area contributed by atoms with E-state index in [9.17, 15) is 26.3 Å². The van der Waals surface area contributed by atoms with Crippen molar-refractivity contribution in [3.8, 4) is 0 Å². The molecule has 0 spiro atoms. The van der Waals surface area contributed by atoms with Crippen LogP contribution in [0, 0.1) is 0 Å². The van der Waals surface area contributed by atoms with E-state index in [-0.39, 0.29) is 5.92 Å². The SMILES string of the molecule is CC(C)c1ccc2cc(C(C)(C)C)[s+](C(F)(F)F)c2c1.O=S(=O)([O-])C(F)(F)F.